The number of allylic oxidation sites excluding steroid dienone is 1. The normalized spacial score (nSPS) is 9.89. The zero-order valence-electron chi connectivity index (χ0n) is 22.7. The number of hydrogen-bond acceptors (Lipinski definition) is 7. The van der Waals surface area contributed by atoms with Crippen molar-refractivity contribution in [1.29, 1.82) is 0 Å². The van der Waals surface area contributed by atoms with Crippen LogP contribution in [-0.4, -0.2) is 53.9 Å². The molecule has 0 bridgehead atoms. The van der Waals surface area contributed by atoms with Gasteiger partial charge in [-0.15, -0.1) is 6.58 Å². The summed E-state index contributed by atoms with van der Waals surface area (Å²) in [6.45, 7) is 9.47. The Morgan fingerprint density at radius 1 is 0.914 bits per heavy atom. The highest BCUT2D eigenvalue weighted by atomic mass is 32.2. The van der Waals surface area contributed by atoms with Crippen molar-refractivity contribution in [3.63, 3.8) is 0 Å². The monoisotopic (exact) mass is 526 g/mol. The van der Waals surface area contributed by atoms with Crippen LogP contribution in [-0.2, 0) is 12.8 Å². The van der Waals surface area contributed by atoms with Crippen molar-refractivity contribution >= 4 is 24.4 Å². The largest absolute Gasteiger partial charge is 0.504 e. The average Bonchev–Trinajstić information content (AvgIpc) is 2.81. The lowest BCUT2D eigenvalue weighted by atomic mass is 9.99. The van der Waals surface area contributed by atoms with Crippen LogP contribution in [0.2, 0.25) is 0 Å². The van der Waals surface area contributed by atoms with E-state index in [-0.39, 0.29) is 11.5 Å². The van der Waals surface area contributed by atoms with Gasteiger partial charge in [0.15, 0.2) is 23.0 Å². The summed E-state index contributed by atoms with van der Waals surface area (Å²) in [5, 5.41) is 28.4. The smallest absolute Gasteiger partial charge is 0.160 e. The van der Waals surface area contributed by atoms with Crippen molar-refractivity contribution in [2.45, 2.75) is 58.5 Å². The Labute approximate surface area is 223 Å². The van der Waals surface area contributed by atoms with Crippen molar-refractivity contribution in [2.24, 2.45) is 0 Å². The van der Waals surface area contributed by atoms with Crippen LogP contribution in [0.15, 0.2) is 48.6 Å². The standard InChI is InChI=1S/C13H18O2.C12H18O3.C2H6S.CH4S/c1-10(2)5-4-6-11-7-8-12(14)13(9-11)15-3;1-12(2,14)7-6-9-4-5-10(13)11(8-9)15-3;1-3-2;1-2/h7-9,14H,1,4-6H2,2-3H3;4-5,8,13-14H,6-7H2,1-3H3;1-2H3;2H,1H3. The third-order valence-corrected chi connectivity index (χ3v) is 4.58. The molecule has 0 spiro atoms. The second kappa shape index (κ2) is 20.3. The third-order valence-electron chi connectivity index (χ3n) is 4.58. The molecule has 0 fully saturated rings. The fraction of sp³-hybridized carbons (Fsp3) is 0.500. The maximum Gasteiger partial charge on any atom is 0.160 e. The molecule has 3 N–H and O–H groups in total. The molecule has 35 heavy (non-hydrogen) atoms. The average molecular weight is 527 g/mol. The SMILES string of the molecule is C=C(C)CCCc1ccc(O)c(OC)c1.COc1cc(CCC(C)(C)O)ccc1O.CS.CSC. The van der Waals surface area contributed by atoms with E-state index in [2.05, 4.69) is 19.2 Å². The van der Waals surface area contributed by atoms with E-state index in [0.29, 0.717) is 17.9 Å². The maximum absolute atomic E-state index is 9.58. The molecule has 2 rings (SSSR count). The number of benzene rings is 2. The molecular formula is C28H46O5S2. The Balaban J connectivity index is 0. The zero-order valence-corrected chi connectivity index (χ0v) is 24.4. The van der Waals surface area contributed by atoms with Gasteiger partial charge in [0.2, 0.25) is 0 Å². The summed E-state index contributed by atoms with van der Waals surface area (Å²) in [4.78, 5) is 0. The van der Waals surface area contributed by atoms with Crippen molar-refractivity contribution in [3.8, 4) is 23.0 Å². The first-order valence-corrected chi connectivity index (χ1v) is 13.9. The summed E-state index contributed by atoms with van der Waals surface area (Å²) in [5.41, 5.74) is 2.78. The van der Waals surface area contributed by atoms with Gasteiger partial charge < -0.3 is 24.8 Å². The molecule has 0 atom stereocenters. The van der Waals surface area contributed by atoms with Gasteiger partial charge in [-0.2, -0.15) is 24.4 Å². The zero-order chi connectivity index (χ0) is 27.4. The molecule has 0 unspecified atom stereocenters. The number of aryl methyl sites for hydroxylation is 2. The number of aliphatic hydroxyl groups is 1. The Morgan fingerprint density at radius 3 is 1.66 bits per heavy atom. The summed E-state index contributed by atoms with van der Waals surface area (Å²) in [6, 6.07) is 10.7. The van der Waals surface area contributed by atoms with Crippen LogP contribution in [0.4, 0.5) is 0 Å². The van der Waals surface area contributed by atoms with Crippen molar-refractivity contribution in [3.05, 3.63) is 59.7 Å². The van der Waals surface area contributed by atoms with Gasteiger partial charge in [0, 0.05) is 0 Å². The predicted octanol–water partition coefficient (Wildman–Crippen LogP) is 6.93. The topological polar surface area (TPSA) is 79.2 Å². The fourth-order valence-corrected chi connectivity index (χ4v) is 2.80. The van der Waals surface area contributed by atoms with Crippen molar-refractivity contribution in [1.82, 2.24) is 0 Å². The van der Waals surface area contributed by atoms with Gasteiger partial charge in [-0.1, -0.05) is 17.7 Å². The van der Waals surface area contributed by atoms with E-state index in [0.717, 1.165) is 31.2 Å². The maximum atomic E-state index is 9.58. The second-order valence-electron chi connectivity index (χ2n) is 8.54. The molecular weight excluding hydrogens is 480 g/mol. The number of rotatable bonds is 9. The Hall–Kier alpha value is -1.96. The number of phenolic OH excluding ortho intramolecular Hbond substituents is 2. The van der Waals surface area contributed by atoms with Gasteiger partial charge in [-0.05, 0) is 107 Å². The molecule has 0 aromatic heterocycles. The molecule has 2 aromatic rings. The van der Waals surface area contributed by atoms with Crippen LogP contribution in [0.3, 0.4) is 0 Å². The van der Waals surface area contributed by atoms with Gasteiger partial charge >= 0.3 is 0 Å². The lowest BCUT2D eigenvalue weighted by Gasteiger charge is -2.16. The number of aromatic hydroxyl groups is 2. The van der Waals surface area contributed by atoms with E-state index in [9.17, 15) is 15.3 Å². The number of thiol groups is 1. The molecule has 5 nitrogen and oxygen atoms in total. The summed E-state index contributed by atoms with van der Waals surface area (Å²) < 4.78 is 10.1. The number of methoxy groups -OCH3 is 2. The Morgan fingerprint density at radius 2 is 1.31 bits per heavy atom. The Bertz CT molecular complexity index is 833. The molecule has 0 aliphatic carbocycles. The Kier molecular flexibility index (Phi) is 20.4. The number of hydrogen-bond donors (Lipinski definition) is 4. The summed E-state index contributed by atoms with van der Waals surface area (Å²) in [7, 11) is 3.08. The highest BCUT2D eigenvalue weighted by molar-refractivity contribution is 7.97. The van der Waals surface area contributed by atoms with Crippen LogP contribution in [0.5, 0.6) is 23.0 Å². The van der Waals surface area contributed by atoms with E-state index in [1.54, 1.807) is 57.2 Å². The lowest BCUT2D eigenvalue weighted by Crippen LogP contribution is -2.19. The highest BCUT2D eigenvalue weighted by Gasteiger charge is 2.12. The molecule has 7 heteroatoms. The molecule has 0 heterocycles. The summed E-state index contributed by atoms with van der Waals surface area (Å²) >= 11 is 5.28. The van der Waals surface area contributed by atoms with Crippen molar-refractivity contribution in [2.75, 3.05) is 33.0 Å². The molecule has 200 valence electrons. The van der Waals surface area contributed by atoms with E-state index in [1.807, 2.05) is 37.6 Å². The summed E-state index contributed by atoms with van der Waals surface area (Å²) in [5.74, 6) is 1.36. The van der Waals surface area contributed by atoms with E-state index < -0.39 is 5.60 Å². The van der Waals surface area contributed by atoms with Gasteiger partial charge in [-0.25, -0.2) is 0 Å². The fourth-order valence-electron chi connectivity index (χ4n) is 2.80. The van der Waals surface area contributed by atoms with Crippen LogP contribution in [0.25, 0.3) is 0 Å². The van der Waals surface area contributed by atoms with E-state index in [1.165, 1.54) is 18.2 Å². The molecule has 0 radical (unpaired) electrons. The first-order valence-electron chi connectivity index (χ1n) is 11.4. The lowest BCUT2D eigenvalue weighted by molar-refractivity contribution is 0.0714. The highest BCUT2D eigenvalue weighted by Crippen LogP contribution is 2.28. The van der Waals surface area contributed by atoms with E-state index >= 15 is 0 Å². The van der Waals surface area contributed by atoms with Crippen molar-refractivity contribution < 1.29 is 24.8 Å². The molecule has 0 saturated heterocycles. The third kappa shape index (κ3) is 18.0. The van der Waals surface area contributed by atoms with Crippen LogP contribution in [0.1, 0.15) is 51.2 Å². The van der Waals surface area contributed by atoms with E-state index in [4.69, 9.17) is 9.47 Å². The minimum absolute atomic E-state index is 0.143. The van der Waals surface area contributed by atoms with Crippen LogP contribution >= 0.6 is 24.4 Å². The first kappa shape index (κ1) is 35.2. The molecule has 0 saturated carbocycles. The van der Waals surface area contributed by atoms with Crippen LogP contribution < -0.4 is 9.47 Å². The molecule has 0 aliphatic heterocycles. The number of thioether (sulfide) groups is 1. The first-order chi connectivity index (χ1) is 16.5. The molecule has 0 amide bonds. The molecule has 2 aromatic carbocycles. The minimum Gasteiger partial charge on any atom is -0.504 e. The van der Waals surface area contributed by atoms with Gasteiger partial charge in [0.25, 0.3) is 0 Å². The molecule has 0 aliphatic rings. The number of ether oxygens (including phenoxy) is 2. The van der Waals surface area contributed by atoms with Gasteiger partial charge in [0.05, 0.1) is 19.8 Å². The summed E-state index contributed by atoms with van der Waals surface area (Å²) in [6.07, 6.45) is 10.3. The van der Waals surface area contributed by atoms with Crippen LogP contribution in [0, 0.1) is 0 Å². The van der Waals surface area contributed by atoms with Gasteiger partial charge in [0.1, 0.15) is 0 Å². The second-order valence-corrected chi connectivity index (χ2v) is 9.36. The minimum atomic E-state index is -0.662. The van der Waals surface area contributed by atoms with Gasteiger partial charge in [-0.3, -0.25) is 0 Å². The number of phenols is 2. The quantitative estimate of drug-likeness (QED) is 0.210. The predicted molar refractivity (Wildman–Crippen MR) is 156 cm³/mol.